The first kappa shape index (κ1) is 20.6. The molecule has 0 amide bonds. The van der Waals surface area contributed by atoms with Crippen LogP contribution in [0.2, 0.25) is 0 Å². The zero-order chi connectivity index (χ0) is 22.0. The summed E-state index contributed by atoms with van der Waals surface area (Å²) in [6.07, 6.45) is 5.34. The Morgan fingerprint density at radius 2 is 1.81 bits per heavy atom. The Bertz CT molecular complexity index is 1190. The molecule has 3 aromatic rings. The van der Waals surface area contributed by atoms with E-state index < -0.39 is 0 Å². The molecule has 160 valence electrons. The average Bonchev–Trinajstić information content (AvgIpc) is 3.27. The van der Waals surface area contributed by atoms with Gasteiger partial charge in [0, 0.05) is 34.1 Å². The Kier molecular flexibility index (Phi) is 5.74. The minimum Gasteiger partial charge on any atom is -0.493 e. The number of terminal acetylenes is 1. The summed E-state index contributed by atoms with van der Waals surface area (Å²) in [5.74, 6) is 4.51. The van der Waals surface area contributed by atoms with Crippen LogP contribution in [-0.4, -0.2) is 63.7 Å². The van der Waals surface area contributed by atoms with E-state index in [2.05, 4.69) is 21.0 Å². The number of hydrogen-bond donors (Lipinski definition) is 1. The number of nitrogens with zero attached hydrogens (tertiary/aromatic N) is 2. The monoisotopic (exact) mass is 419 g/mol. The molecule has 1 N–H and O–H groups in total. The molecule has 1 heterocycles. The normalized spacial score (nSPS) is 13.2. The Morgan fingerprint density at radius 1 is 1.06 bits per heavy atom. The van der Waals surface area contributed by atoms with Crippen molar-refractivity contribution < 1.29 is 19.0 Å². The zero-order valence-corrected chi connectivity index (χ0v) is 18.1. The van der Waals surface area contributed by atoms with E-state index in [-0.39, 0.29) is 6.61 Å². The molecule has 31 heavy (non-hydrogen) atoms. The van der Waals surface area contributed by atoms with Gasteiger partial charge in [-0.3, -0.25) is 0 Å². The van der Waals surface area contributed by atoms with Crippen molar-refractivity contribution in [2.75, 3.05) is 48.1 Å². The van der Waals surface area contributed by atoms with Crippen LogP contribution in [0.1, 0.15) is 11.1 Å². The lowest BCUT2D eigenvalue weighted by molar-refractivity contribution is 0.180. The number of nitrogens with one attached hydrogen (secondary N) is 1. The number of methoxy groups -OCH3 is 2. The van der Waals surface area contributed by atoms with Gasteiger partial charge < -0.3 is 28.9 Å². The van der Waals surface area contributed by atoms with E-state index in [1.54, 1.807) is 14.2 Å². The summed E-state index contributed by atoms with van der Waals surface area (Å²) >= 11 is 0. The van der Waals surface area contributed by atoms with Crippen molar-refractivity contribution in [3.8, 4) is 40.8 Å². The van der Waals surface area contributed by atoms with Gasteiger partial charge in [-0.25, -0.2) is 0 Å². The molecule has 1 aliphatic carbocycles. The van der Waals surface area contributed by atoms with Gasteiger partial charge in [0.2, 0.25) is 0 Å². The quantitative estimate of drug-likeness (QED) is 0.269. The molecule has 0 saturated carbocycles. The molecule has 0 spiro atoms. The number of oxime groups is 1. The first-order valence-corrected chi connectivity index (χ1v) is 9.91. The van der Waals surface area contributed by atoms with Crippen molar-refractivity contribution in [1.82, 2.24) is 9.88 Å². The topological polar surface area (TPSA) is 68.3 Å². The maximum atomic E-state index is 5.94. The highest BCUT2D eigenvalue weighted by Gasteiger charge is 2.32. The number of likely N-dealkylation sites (N-methyl/N-ethyl adjacent to an activating group) is 1. The molecule has 0 unspecified atom stereocenters. The van der Waals surface area contributed by atoms with Crippen LogP contribution >= 0.6 is 0 Å². The molecule has 4 rings (SSSR count). The fourth-order valence-corrected chi connectivity index (χ4v) is 3.70. The summed E-state index contributed by atoms with van der Waals surface area (Å²) < 4.78 is 16.9. The van der Waals surface area contributed by atoms with Gasteiger partial charge in [0.1, 0.15) is 18.1 Å². The third kappa shape index (κ3) is 3.78. The van der Waals surface area contributed by atoms with Crippen molar-refractivity contribution in [2.24, 2.45) is 5.16 Å². The molecule has 7 nitrogen and oxygen atoms in total. The smallest absolute Gasteiger partial charge is 0.177 e. The second-order valence-electron chi connectivity index (χ2n) is 7.40. The summed E-state index contributed by atoms with van der Waals surface area (Å²) in [5, 5.41) is 5.37. The largest absolute Gasteiger partial charge is 0.493 e. The van der Waals surface area contributed by atoms with Gasteiger partial charge >= 0.3 is 0 Å². The third-order valence-corrected chi connectivity index (χ3v) is 5.17. The molecular formula is C24H25N3O4. The van der Waals surface area contributed by atoms with Crippen LogP contribution in [0.3, 0.4) is 0 Å². The Morgan fingerprint density at radius 3 is 2.48 bits per heavy atom. The van der Waals surface area contributed by atoms with E-state index in [1.807, 2.05) is 44.4 Å². The van der Waals surface area contributed by atoms with Gasteiger partial charge in [-0.2, -0.15) is 0 Å². The number of ether oxygens (including phenoxy) is 3. The number of benzene rings is 2. The van der Waals surface area contributed by atoms with Crippen LogP contribution < -0.4 is 14.2 Å². The van der Waals surface area contributed by atoms with Crippen LogP contribution in [0.4, 0.5) is 0 Å². The number of hydrogen-bond acceptors (Lipinski definition) is 6. The summed E-state index contributed by atoms with van der Waals surface area (Å²) in [6, 6.07) is 9.85. The van der Waals surface area contributed by atoms with Crippen LogP contribution in [0.25, 0.3) is 22.2 Å². The van der Waals surface area contributed by atoms with Gasteiger partial charge in [0.15, 0.2) is 18.1 Å². The second kappa shape index (κ2) is 8.62. The van der Waals surface area contributed by atoms with Gasteiger partial charge in [-0.1, -0.05) is 11.1 Å². The Balaban J connectivity index is 1.84. The lowest BCUT2D eigenvalue weighted by Gasteiger charge is -2.12. The van der Waals surface area contributed by atoms with Crippen LogP contribution in [0.15, 0.2) is 35.5 Å². The zero-order valence-electron chi connectivity index (χ0n) is 18.1. The van der Waals surface area contributed by atoms with Gasteiger partial charge in [-0.05, 0) is 44.4 Å². The molecular weight excluding hydrogens is 394 g/mol. The van der Waals surface area contributed by atoms with E-state index in [9.17, 15) is 0 Å². The summed E-state index contributed by atoms with van der Waals surface area (Å²) in [5.41, 5.74) is 5.40. The number of H-pyrrole nitrogens is 1. The number of aromatic nitrogens is 1. The predicted molar refractivity (Wildman–Crippen MR) is 121 cm³/mol. The van der Waals surface area contributed by atoms with Crippen molar-refractivity contribution >= 4 is 16.6 Å². The molecule has 7 heteroatoms. The molecule has 1 aromatic heterocycles. The molecule has 0 bridgehead atoms. The average molecular weight is 419 g/mol. The second-order valence-corrected chi connectivity index (χ2v) is 7.40. The minimum absolute atomic E-state index is 0.0860. The van der Waals surface area contributed by atoms with Crippen molar-refractivity contribution in [1.29, 1.82) is 0 Å². The summed E-state index contributed by atoms with van der Waals surface area (Å²) in [6.45, 7) is 1.52. The SMILES string of the molecule is C#CCO/N=C1\c2cc(OC)c(OC)cc2-c2[nH]c3ccc(OCCN(C)C)cc3c21. The summed E-state index contributed by atoms with van der Waals surface area (Å²) in [4.78, 5) is 11.0. The first-order chi connectivity index (χ1) is 15.1. The maximum Gasteiger partial charge on any atom is 0.177 e. The van der Waals surface area contributed by atoms with E-state index in [0.29, 0.717) is 23.8 Å². The number of aromatic amines is 1. The highest BCUT2D eigenvalue weighted by molar-refractivity contribution is 6.30. The molecule has 0 radical (unpaired) electrons. The van der Waals surface area contributed by atoms with Crippen molar-refractivity contribution in [2.45, 2.75) is 0 Å². The fraction of sp³-hybridized carbons (Fsp3) is 0.292. The Hall–Kier alpha value is -3.63. The van der Waals surface area contributed by atoms with Crippen LogP contribution in [0.5, 0.6) is 17.2 Å². The number of fused-ring (bicyclic) bond motifs is 5. The lowest BCUT2D eigenvalue weighted by Crippen LogP contribution is -2.19. The molecule has 1 aliphatic rings. The minimum atomic E-state index is 0.0860. The molecule has 0 saturated heterocycles. The third-order valence-electron chi connectivity index (χ3n) is 5.17. The molecule has 0 fully saturated rings. The maximum absolute atomic E-state index is 5.94. The summed E-state index contributed by atoms with van der Waals surface area (Å²) in [7, 11) is 7.26. The van der Waals surface area contributed by atoms with Gasteiger partial charge in [-0.15, -0.1) is 6.42 Å². The highest BCUT2D eigenvalue weighted by Crippen LogP contribution is 2.45. The van der Waals surface area contributed by atoms with Gasteiger partial charge in [0.25, 0.3) is 0 Å². The van der Waals surface area contributed by atoms with Gasteiger partial charge in [0.05, 0.1) is 19.9 Å². The molecule has 0 atom stereocenters. The van der Waals surface area contributed by atoms with Crippen LogP contribution in [0, 0.1) is 12.3 Å². The first-order valence-electron chi connectivity index (χ1n) is 9.91. The van der Waals surface area contributed by atoms with Crippen molar-refractivity contribution in [3.63, 3.8) is 0 Å². The predicted octanol–water partition coefficient (Wildman–Crippen LogP) is 3.51. The number of rotatable bonds is 8. The van der Waals surface area contributed by atoms with E-state index >= 15 is 0 Å². The van der Waals surface area contributed by atoms with E-state index in [4.69, 9.17) is 25.5 Å². The highest BCUT2D eigenvalue weighted by atomic mass is 16.6. The standard InChI is InChI=1S/C24H25N3O4/c1-6-10-31-26-24-17-14-21(29-5)20(28-4)13-16(17)23-22(24)18-12-15(7-8-19(18)25-23)30-11-9-27(2)3/h1,7-8,12-14,25H,9-11H2,2-5H3/b26-24+. The van der Waals surface area contributed by atoms with Crippen LogP contribution in [-0.2, 0) is 4.84 Å². The lowest BCUT2D eigenvalue weighted by atomic mass is 10.1. The molecule has 0 aliphatic heterocycles. The Labute approximate surface area is 181 Å². The van der Waals surface area contributed by atoms with E-state index in [0.717, 1.165) is 45.6 Å². The van der Waals surface area contributed by atoms with E-state index in [1.165, 1.54) is 0 Å². The molecule has 2 aromatic carbocycles. The fourth-order valence-electron chi connectivity index (χ4n) is 3.70. The van der Waals surface area contributed by atoms with Crippen molar-refractivity contribution in [3.05, 3.63) is 41.5 Å².